The molecule has 1 aliphatic heterocycles. The summed E-state index contributed by atoms with van der Waals surface area (Å²) < 4.78 is 5.43. The van der Waals surface area contributed by atoms with Crippen molar-refractivity contribution in [2.45, 2.75) is 57.9 Å². The summed E-state index contributed by atoms with van der Waals surface area (Å²) in [4.78, 5) is 27.0. The van der Waals surface area contributed by atoms with E-state index in [4.69, 9.17) is 4.52 Å². The van der Waals surface area contributed by atoms with Crippen molar-refractivity contribution in [2.75, 3.05) is 11.9 Å². The van der Waals surface area contributed by atoms with Gasteiger partial charge >= 0.3 is 0 Å². The van der Waals surface area contributed by atoms with Crippen LogP contribution < -0.4 is 5.32 Å². The molecular weight excluding hydrogens is 354 g/mol. The Kier molecular flexibility index (Phi) is 5.20. The molecule has 1 aliphatic carbocycles. The second-order valence-corrected chi connectivity index (χ2v) is 8.16. The molecule has 0 radical (unpaired) electrons. The number of aromatic nitrogens is 1. The van der Waals surface area contributed by atoms with E-state index in [2.05, 4.69) is 24.3 Å². The number of nitrogens with zero attached hydrogens (tertiary/aromatic N) is 2. The maximum absolute atomic E-state index is 13.0. The standard InChI is InChI=1S/C22H27N3O3/c1-14(2)20-13-18(24-28-20)19-7-4-12-25(19)22(27)16-8-10-17(11-9-16)23-21(26)15-5-3-6-15/h8-11,13-15,19H,3-7,12H2,1-2H3,(H,23,26)/t19-/m0/s1. The minimum Gasteiger partial charge on any atom is -0.361 e. The highest BCUT2D eigenvalue weighted by atomic mass is 16.5. The van der Waals surface area contributed by atoms with E-state index >= 15 is 0 Å². The topological polar surface area (TPSA) is 75.4 Å². The summed E-state index contributed by atoms with van der Waals surface area (Å²) in [6, 6.07) is 9.12. The Labute approximate surface area is 165 Å². The van der Waals surface area contributed by atoms with E-state index in [1.165, 1.54) is 0 Å². The lowest BCUT2D eigenvalue weighted by Crippen LogP contribution is -2.30. The van der Waals surface area contributed by atoms with Crippen LogP contribution >= 0.6 is 0 Å². The van der Waals surface area contributed by atoms with Gasteiger partial charge in [0, 0.05) is 35.7 Å². The van der Waals surface area contributed by atoms with Crippen LogP contribution in [0.2, 0.25) is 0 Å². The number of hydrogen-bond donors (Lipinski definition) is 1. The number of hydrogen-bond acceptors (Lipinski definition) is 4. The van der Waals surface area contributed by atoms with Crippen molar-refractivity contribution < 1.29 is 14.1 Å². The summed E-state index contributed by atoms with van der Waals surface area (Å²) in [5.41, 5.74) is 2.20. The molecule has 0 bridgehead atoms. The second kappa shape index (κ2) is 7.78. The third-order valence-electron chi connectivity index (χ3n) is 5.85. The molecule has 4 rings (SSSR count). The molecule has 1 aromatic carbocycles. The molecule has 2 amide bonds. The van der Waals surface area contributed by atoms with Gasteiger partial charge in [-0.25, -0.2) is 0 Å². The molecule has 6 heteroatoms. The fourth-order valence-corrected chi connectivity index (χ4v) is 3.83. The lowest BCUT2D eigenvalue weighted by molar-refractivity contribution is -0.122. The average molecular weight is 381 g/mol. The number of amides is 2. The van der Waals surface area contributed by atoms with Gasteiger partial charge in [-0.15, -0.1) is 0 Å². The minimum absolute atomic E-state index is 0.00605. The van der Waals surface area contributed by atoms with Gasteiger partial charge in [-0.2, -0.15) is 0 Å². The molecule has 28 heavy (non-hydrogen) atoms. The Morgan fingerprint density at radius 1 is 1.14 bits per heavy atom. The Bertz CT molecular complexity index is 852. The Balaban J connectivity index is 1.44. The summed E-state index contributed by atoms with van der Waals surface area (Å²) in [5, 5.41) is 7.15. The summed E-state index contributed by atoms with van der Waals surface area (Å²) in [5.74, 6) is 1.34. The molecular formula is C22H27N3O3. The van der Waals surface area contributed by atoms with Gasteiger partial charge in [-0.3, -0.25) is 9.59 Å². The minimum atomic E-state index is -0.0401. The van der Waals surface area contributed by atoms with E-state index in [0.717, 1.165) is 49.2 Å². The third kappa shape index (κ3) is 3.68. The highest BCUT2D eigenvalue weighted by Gasteiger charge is 2.33. The van der Waals surface area contributed by atoms with Crippen molar-refractivity contribution in [3.63, 3.8) is 0 Å². The van der Waals surface area contributed by atoms with Gasteiger partial charge in [-0.05, 0) is 49.9 Å². The van der Waals surface area contributed by atoms with E-state index in [1.807, 2.05) is 23.1 Å². The molecule has 2 aromatic rings. The van der Waals surface area contributed by atoms with Crippen molar-refractivity contribution in [3.8, 4) is 0 Å². The molecule has 0 unspecified atom stereocenters. The molecule has 1 aromatic heterocycles. The predicted octanol–water partition coefficient (Wildman–Crippen LogP) is 4.51. The molecule has 0 spiro atoms. The molecule has 2 heterocycles. The summed E-state index contributed by atoms with van der Waals surface area (Å²) in [6.45, 7) is 4.84. The van der Waals surface area contributed by atoms with Crippen molar-refractivity contribution in [2.24, 2.45) is 5.92 Å². The van der Waals surface area contributed by atoms with Crippen LogP contribution in [0.1, 0.15) is 79.7 Å². The lowest BCUT2D eigenvalue weighted by atomic mass is 9.85. The van der Waals surface area contributed by atoms with Gasteiger partial charge in [0.1, 0.15) is 11.5 Å². The maximum atomic E-state index is 13.0. The van der Waals surface area contributed by atoms with Crippen LogP contribution in [0.4, 0.5) is 5.69 Å². The largest absolute Gasteiger partial charge is 0.361 e. The Morgan fingerprint density at radius 3 is 2.50 bits per heavy atom. The van der Waals surface area contributed by atoms with E-state index in [9.17, 15) is 9.59 Å². The monoisotopic (exact) mass is 381 g/mol. The van der Waals surface area contributed by atoms with E-state index in [1.54, 1.807) is 12.1 Å². The van der Waals surface area contributed by atoms with Crippen LogP contribution in [0.15, 0.2) is 34.9 Å². The van der Waals surface area contributed by atoms with Crippen molar-refractivity contribution in [1.82, 2.24) is 10.1 Å². The molecule has 2 fully saturated rings. The smallest absolute Gasteiger partial charge is 0.254 e. The second-order valence-electron chi connectivity index (χ2n) is 8.16. The summed E-state index contributed by atoms with van der Waals surface area (Å²) >= 11 is 0. The van der Waals surface area contributed by atoms with Gasteiger partial charge in [0.15, 0.2) is 0 Å². The SMILES string of the molecule is CC(C)c1cc([C@@H]2CCCN2C(=O)c2ccc(NC(=O)C3CCC3)cc2)no1. The zero-order valence-corrected chi connectivity index (χ0v) is 16.5. The fourth-order valence-electron chi connectivity index (χ4n) is 3.83. The van der Waals surface area contributed by atoms with Gasteiger partial charge in [-0.1, -0.05) is 25.4 Å². The third-order valence-corrected chi connectivity index (χ3v) is 5.85. The number of likely N-dealkylation sites (tertiary alicyclic amines) is 1. The van der Waals surface area contributed by atoms with Gasteiger partial charge in [0.05, 0.1) is 6.04 Å². The molecule has 6 nitrogen and oxygen atoms in total. The highest BCUT2D eigenvalue weighted by Crippen LogP contribution is 2.34. The highest BCUT2D eigenvalue weighted by molar-refractivity contribution is 5.96. The first-order valence-electron chi connectivity index (χ1n) is 10.2. The first-order chi connectivity index (χ1) is 13.5. The van der Waals surface area contributed by atoms with Crippen LogP contribution in [0.5, 0.6) is 0 Å². The first kappa shape index (κ1) is 18.7. The quantitative estimate of drug-likeness (QED) is 0.826. The Morgan fingerprint density at radius 2 is 1.89 bits per heavy atom. The zero-order valence-electron chi connectivity index (χ0n) is 16.5. The summed E-state index contributed by atoms with van der Waals surface area (Å²) in [7, 11) is 0. The van der Waals surface area contributed by atoms with Crippen LogP contribution in [0, 0.1) is 5.92 Å². The number of rotatable bonds is 5. The van der Waals surface area contributed by atoms with Gasteiger partial charge in [0.25, 0.3) is 5.91 Å². The predicted molar refractivity (Wildman–Crippen MR) is 106 cm³/mol. The van der Waals surface area contributed by atoms with Gasteiger partial charge in [0.2, 0.25) is 5.91 Å². The van der Waals surface area contributed by atoms with E-state index in [0.29, 0.717) is 12.1 Å². The van der Waals surface area contributed by atoms with Crippen molar-refractivity contribution in [3.05, 3.63) is 47.3 Å². The molecule has 1 saturated carbocycles. The van der Waals surface area contributed by atoms with Crippen LogP contribution in [0.25, 0.3) is 0 Å². The number of benzene rings is 1. The molecule has 148 valence electrons. The van der Waals surface area contributed by atoms with Gasteiger partial charge < -0.3 is 14.7 Å². The molecule has 1 atom stereocenters. The van der Waals surface area contributed by atoms with Crippen molar-refractivity contribution in [1.29, 1.82) is 0 Å². The van der Waals surface area contributed by atoms with Crippen LogP contribution in [-0.4, -0.2) is 28.4 Å². The number of carbonyl (C=O) groups excluding carboxylic acids is 2. The number of nitrogens with one attached hydrogen (secondary N) is 1. The molecule has 1 N–H and O–H groups in total. The number of anilines is 1. The van der Waals surface area contributed by atoms with Crippen LogP contribution in [0.3, 0.4) is 0 Å². The van der Waals surface area contributed by atoms with E-state index in [-0.39, 0.29) is 29.7 Å². The zero-order chi connectivity index (χ0) is 19.7. The average Bonchev–Trinajstić information content (AvgIpc) is 3.29. The molecule has 2 aliphatic rings. The number of carbonyl (C=O) groups is 2. The van der Waals surface area contributed by atoms with E-state index < -0.39 is 0 Å². The Hall–Kier alpha value is -2.63. The van der Waals surface area contributed by atoms with Crippen LogP contribution in [-0.2, 0) is 4.79 Å². The summed E-state index contributed by atoms with van der Waals surface area (Å²) in [6.07, 6.45) is 4.92. The first-order valence-corrected chi connectivity index (χ1v) is 10.2. The maximum Gasteiger partial charge on any atom is 0.254 e. The lowest BCUT2D eigenvalue weighted by Gasteiger charge is -2.24. The normalized spacial score (nSPS) is 19.7. The van der Waals surface area contributed by atoms with Crippen molar-refractivity contribution >= 4 is 17.5 Å². The molecule has 1 saturated heterocycles. The fraction of sp³-hybridized carbons (Fsp3) is 0.500.